The van der Waals surface area contributed by atoms with Crippen LogP contribution in [0.5, 0.6) is 11.5 Å². The summed E-state index contributed by atoms with van der Waals surface area (Å²) in [5.41, 5.74) is 3.65. The highest BCUT2D eigenvalue weighted by Gasteiger charge is 2.13. The van der Waals surface area contributed by atoms with Gasteiger partial charge >= 0.3 is 0 Å². The molecule has 0 bridgehead atoms. The molecule has 11 heteroatoms. The van der Waals surface area contributed by atoms with E-state index in [0.29, 0.717) is 34.2 Å². The summed E-state index contributed by atoms with van der Waals surface area (Å²) < 4.78 is 33.0. The van der Waals surface area contributed by atoms with Gasteiger partial charge in [0.25, 0.3) is 0 Å². The number of nitrogens with one attached hydrogen (secondary N) is 3. The Hall–Kier alpha value is -3.54. The number of aromatic amines is 1. The number of H-pyrrole nitrogens is 1. The van der Waals surface area contributed by atoms with E-state index >= 15 is 0 Å². The van der Waals surface area contributed by atoms with Gasteiger partial charge in [-0.15, -0.1) is 0 Å². The molecule has 0 fully saturated rings. The van der Waals surface area contributed by atoms with Crippen molar-refractivity contribution in [2.24, 2.45) is 0 Å². The summed E-state index contributed by atoms with van der Waals surface area (Å²) in [7, 11) is 3.16. The van der Waals surface area contributed by atoms with E-state index in [9.17, 15) is 4.21 Å². The molecule has 4 rings (SSSR count). The van der Waals surface area contributed by atoms with Crippen LogP contribution in [0, 0.1) is 0 Å². The smallest absolute Gasteiger partial charge is 0.232 e. The zero-order chi connectivity index (χ0) is 21.8. The number of rotatable bonds is 8. The summed E-state index contributed by atoms with van der Waals surface area (Å²) in [6, 6.07) is 12.9. The van der Waals surface area contributed by atoms with Crippen LogP contribution in [-0.4, -0.2) is 43.1 Å². The van der Waals surface area contributed by atoms with Crippen LogP contribution in [0.2, 0.25) is 0 Å². The SMILES string of the molecule is COc1ccc(Nc2nc(-c3cccc(CNS(=O)O)c3)nc3cn[nH]c23)cc1OC. The molecule has 1 unspecified atom stereocenters. The molecule has 160 valence electrons. The van der Waals surface area contributed by atoms with Gasteiger partial charge in [-0.1, -0.05) is 18.2 Å². The third-order valence-electron chi connectivity index (χ3n) is 4.53. The summed E-state index contributed by atoms with van der Waals surface area (Å²) in [5, 5.41) is 10.3. The van der Waals surface area contributed by atoms with E-state index in [2.05, 4.69) is 30.2 Å². The van der Waals surface area contributed by atoms with Crippen LogP contribution in [0.3, 0.4) is 0 Å². The Morgan fingerprint density at radius 3 is 2.71 bits per heavy atom. The number of aromatic nitrogens is 4. The van der Waals surface area contributed by atoms with Crippen LogP contribution < -0.4 is 19.5 Å². The molecule has 4 aromatic rings. The number of benzene rings is 2. The van der Waals surface area contributed by atoms with Gasteiger partial charge in [0.1, 0.15) is 11.0 Å². The van der Waals surface area contributed by atoms with Gasteiger partial charge in [0.05, 0.1) is 20.4 Å². The zero-order valence-electron chi connectivity index (χ0n) is 16.7. The van der Waals surface area contributed by atoms with Gasteiger partial charge in [-0.2, -0.15) is 5.10 Å². The number of nitrogens with zero attached hydrogens (tertiary/aromatic N) is 3. The highest BCUT2D eigenvalue weighted by atomic mass is 32.2. The van der Waals surface area contributed by atoms with Crippen LogP contribution in [0.1, 0.15) is 5.56 Å². The van der Waals surface area contributed by atoms with E-state index in [-0.39, 0.29) is 6.54 Å². The summed E-state index contributed by atoms with van der Waals surface area (Å²) in [6.07, 6.45) is 1.63. The van der Waals surface area contributed by atoms with Crippen molar-refractivity contribution in [2.75, 3.05) is 19.5 Å². The lowest BCUT2D eigenvalue weighted by Crippen LogP contribution is -2.15. The Kier molecular flexibility index (Phi) is 6.07. The fourth-order valence-electron chi connectivity index (χ4n) is 3.08. The molecule has 0 saturated heterocycles. The first-order chi connectivity index (χ1) is 15.1. The molecule has 31 heavy (non-hydrogen) atoms. The van der Waals surface area contributed by atoms with Gasteiger partial charge in [-0.05, 0) is 23.8 Å². The molecule has 4 N–H and O–H groups in total. The number of hydrogen-bond donors (Lipinski definition) is 4. The Labute approximate surface area is 180 Å². The molecule has 0 aliphatic rings. The largest absolute Gasteiger partial charge is 0.493 e. The average Bonchev–Trinajstić information content (AvgIpc) is 3.27. The van der Waals surface area contributed by atoms with Crippen LogP contribution in [-0.2, 0) is 17.8 Å². The normalized spacial score (nSPS) is 12.0. The first kappa shape index (κ1) is 20.7. The molecule has 0 aliphatic carbocycles. The topological polar surface area (TPSA) is 134 Å². The van der Waals surface area contributed by atoms with Gasteiger partial charge in [-0.25, -0.2) is 18.9 Å². The molecular weight excluding hydrogens is 420 g/mol. The first-order valence-corrected chi connectivity index (χ1v) is 10.3. The predicted octanol–water partition coefficient (Wildman–Crippen LogP) is 3.01. The molecule has 0 radical (unpaired) electrons. The number of ether oxygens (including phenoxy) is 2. The summed E-state index contributed by atoms with van der Waals surface area (Å²) in [4.78, 5) is 9.26. The second kappa shape index (κ2) is 9.08. The fourth-order valence-corrected chi connectivity index (χ4v) is 3.37. The van der Waals surface area contributed by atoms with Gasteiger partial charge in [0.15, 0.2) is 23.1 Å². The second-order valence-electron chi connectivity index (χ2n) is 6.49. The molecule has 2 heterocycles. The number of methoxy groups -OCH3 is 2. The number of hydrogen-bond acceptors (Lipinski definition) is 7. The fraction of sp³-hybridized carbons (Fsp3) is 0.150. The second-order valence-corrected chi connectivity index (χ2v) is 7.28. The third-order valence-corrected chi connectivity index (χ3v) is 4.92. The molecule has 0 saturated carbocycles. The molecule has 0 aliphatic heterocycles. The minimum Gasteiger partial charge on any atom is -0.493 e. The molecule has 2 aromatic heterocycles. The van der Waals surface area contributed by atoms with Gasteiger partial charge in [0.2, 0.25) is 11.3 Å². The van der Waals surface area contributed by atoms with Crippen LogP contribution in [0.4, 0.5) is 11.5 Å². The van der Waals surface area contributed by atoms with Crippen molar-refractivity contribution in [3.05, 3.63) is 54.2 Å². The Balaban J connectivity index is 1.71. The molecule has 10 nitrogen and oxygen atoms in total. The predicted molar refractivity (Wildman–Crippen MR) is 118 cm³/mol. The summed E-state index contributed by atoms with van der Waals surface area (Å²) in [6.45, 7) is 0.238. The molecule has 0 spiro atoms. The van der Waals surface area contributed by atoms with Crippen molar-refractivity contribution in [1.29, 1.82) is 0 Å². The van der Waals surface area contributed by atoms with E-state index in [0.717, 1.165) is 16.8 Å². The maximum Gasteiger partial charge on any atom is 0.232 e. The van der Waals surface area contributed by atoms with Crippen molar-refractivity contribution in [3.8, 4) is 22.9 Å². The van der Waals surface area contributed by atoms with Crippen molar-refractivity contribution in [1.82, 2.24) is 24.9 Å². The van der Waals surface area contributed by atoms with Gasteiger partial charge in [0, 0.05) is 23.9 Å². The minimum atomic E-state index is -2.08. The Morgan fingerprint density at radius 2 is 1.94 bits per heavy atom. The lowest BCUT2D eigenvalue weighted by atomic mass is 10.1. The van der Waals surface area contributed by atoms with E-state index in [1.165, 1.54) is 0 Å². The Morgan fingerprint density at radius 1 is 1.10 bits per heavy atom. The van der Waals surface area contributed by atoms with Crippen molar-refractivity contribution in [3.63, 3.8) is 0 Å². The Bertz CT molecular complexity index is 1250. The first-order valence-electron chi connectivity index (χ1n) is 9.21. The highest BCUT2D eigenvalue weighted by Crippen LogP contribution is 2.32. The minimum absolute atomic E-state index is 0.238. The lowest BCUT2D eigenvalue weighted by molar-refractivity contribution is 0.355. The molecule has 2 aromatic carbocycles. The molecular formula is C20H20N6O4S. The standard InChI is InChI=1S/C20H20N6O4S/c1-29-16-7-6-14(9-17(16)30-2)23-20-18-15(11-21-26-18)24-19(25-20)13-5-3-4-12(8-13)10-22-31(27)28/h3-9,11,22H,10H2,1-2H3,(H,21,26)(H,27,28)(H,23,24,25). The van der Waals surface area contributed by atoms with E-state index in [4.69, 9.17) is 14.0 Å². The summed E-state index contributed by atoms with van der Waals surface area (Å²) >= 11 is -2.08. The maximum atomic E-state index is 10.9. The van der Waals surface area contributed by atoms with Crippen molar-refractivity contribution >= 4 is 33.8 Å². The highest BCUT2D eigenvalue weighted by molar-refractivity contribution is 7.77. The van der Waals surface area contributed by atoms with E-state index in [1.54, 1.807) is 26.5 Å². The van der Waals surface area contributed by atoms with Gasteiger partial charge in [-0.3, -0.25) is 9.65 Å². The van der Waals surface area contributed by atoms with Crippen molar-refractivity contribution < 1.29 is 18.2 Å². The average molecular weight is 440 g/mol. The molecule has 1 atom stereocenters. The maximum absolute atomic E-state index is 10.9. The van der Waals surface area contributed by atoms with Crippen molar-refractivity contribution in [2.45, 2.75) is 6.54 Å². The third kappa shape index (κ3) is 4.63. The van der Waals surface area contributed by atoms with E-state index in [1.807, 2.05) is 36.4 Å². The van der Waals surface area contributed by atoms with Crippen LogP contribution in [0.25, 0.3) is 22.4 Å². The van der Waals surface area contributed by atoms with Crippen LogP contribution >= 0.6 is 0 Å². The van der Waals surface area contributed by atoms with Gasteiger partial charge < -0.3 is 14.8 Å². The zero-order valence-corrected chi connectivity index (χ0v) is 17.6. The monoisotopic (exact) mass is 440 g/mol. The summed E-state index contributed by atoms with van der Waals surface area (Å²) in [5.74, 6) is 2.25. The van der Waals surface area contributed by atoms with E-state index < -0.39 is 11.3 Å². The van der Waals surface area contributed by atoms with Crippen LogP contribution in [0.15, 0.2) is 48.7 Å². The number of anilines is 2. The number of fused-ring (bicyclic) bond motifs is 1. The lowest BCUT2D eigenvalue weighted by Gasteiger charge is -2.12. The molecule has 0 amide bonds. The quantitative estimate of drug-likeness (QED) is 0.307.